The molecule has 0 aromatic heterocycles. The van der Waals surface area contributed by atoms with E-state index in [1.165, 1.54) is 28.7 Å². The first kappa shape index (κ1) is 25.1. The number of hydrogen-bond donors (Lipinski definition) is 0. The molecule has 6 heteroatoms. The van der Waals surface area contributed by atoms with Gasteiger partial charge in [-0.1, -0.05) is 60.7 Å². The summed E-state index contributed by atoms with van der Waals surface area (Å²) in [4.78, 5) is 22.9. The van der Waals surface area contributed by atoms with Crippen LogP contribution in [0.3, 0.4) is 0 Å². The Labute approximate surface area is 226 Å². The lowest BCUT2D eigenvalue weighted by Crippen LogP contribution is -2.49. The Morgan fingerprint density at radius 1 is 0.842 bits per heavy atom. The highest BCUT2D eigenvalue weighted by molar-refractivity contribution is 5.97. The number of rotatable bonds is 7. The first-order chi connectivity index (χ1) is 18.6. The molecule has 2 fully saturated rings. The molecule has 0 spiro atoms. The molecule has 2 aliphatic heterocycles. The molecule has 38 heavy (non-hydrogen) atoms. The van der Waals surface area contributed by atoms with Crippen LogP contribution < -0.4 is 4.74 Å². The van der Waals surface area contributed by atoms with Gasteiger partial charge in [0, 0.05) is 45.3 Å². The fourth-order valence-electron chi connectivity index (χ4n) is 6.37. The molecule has 198 valence electrons. The lowest BCUT2D eigenvalue weighted by Gasteiger charge is -2.39. The first-order valence-corrected chi connectivity index (χ1v) is 13.9. The van der Waals surface area contributed by atoms with Gasteiger partial charge >= 0.3 is 0 Å². The molecule has 6 nitrogen and oxygen atoms in total. The van der Waals surface area contributed by atoms with Crippen LogP contribution in [-0.4, -0.2) is 98.1 Å². The fraction of sp³-hybridized carbons (Fsp3) is 0.406. The largest absolute Gasteiger partial charge is 0.491 e. The van der Waals surface area contributed by atoms with E-state index < -0.39 is 0 Å². The van der Waals surface area contributed by atoms with E-state index in [1.807, 2.05) is 29.2 Å². The molecule has 3 aromatic rings. The number of likely N-dealkylation sites (tertiary alicyclic amines) is 1. The van der Waals surface area contributed by atoms with Gasteiger partial charge in [0.1, 0.15) is 12.4 Å². The zero-order chi connectivity index (χ0) is 26.1. The van der Waals surface area contributed by atoms with Crippen LogP contribution in [0.4, 0.5) is 0 Å². The SMILES string of the molecule is CN(C)[C@@H]1CCN(CCOc2ccccc2C(=O)N2CCN(C3c4ccccc4-c4ccccc43)CC2)C1. The van der Waals surface area contributed by atoms with E-state index in [0.29, 0.717) is 37.1 Å². The molecule has 1 amide bonds. The standard InChI is InChI=1S/C32H38N4O2/c1-33(2)24-15-16-34(23-24)21-22-38-30-14-8-7-13-29(30)32(37)36-19-17-35(18-20-36)31-27-11-5-3-9-25(27)26-10-4-6-12-28(26)31/h3-14,24,31H,15-23H2,1-2H3/t24-/m1/s1. The summed E-state index contributed by atoms with van der Waals surface area (Å²) in [5.74, 6) is 0.767. The van der Waals surface area contributed by atoms with Crippen molar-refractivity contribution >= 4 is 5.91 Å². The van der Waals surface area contributed by atoms with Gasteiger partial charge in [0.2, 0.25) is 0 Å². The van der Waals surface area contributed by atoms with E-state index in [0.717, 1.165) is 32.7 Å². The molecule has 0 unspecified atom stereocenters. The van der Waals surface area contributed by atoms with Gasteiger partial charge in [-0.2, -0.15) is 0 Å². The summed E-state index contributed by atoms with van der Waals surface area (Å²) >= 11 is 0. The number of piperazine rings is 1. The van der Waals surface area contributed by atoms with Gasteiger partial charge in [-0.05, 0) is 61.4 Å². The van der Waals surface area contributed by atoms with Crippen LogP contribution in [0, 0.1) is 0 Å². The molecule has 0 bridgehead atoms. The maximum absolute atomic E-state index is 13.6. The molecule has 3 aliphatic rings. The number of fused-ring (bicyclic) bond motifs is 3. The molecule has 0 saturated carbocycles. The third-order valence-corrected chi connectivity index (χ3v) is 8.53. The summed E-state index contributed by atoms with van der Waals surface area (Å²) < 4.78 is 6.17. The Morgan fingerprint density at radius 2 is 1.47 bits per heavy atom. The van der Waals surface area contributed by atoms with E-state index >= 15 is 0 Å². The zero-order valence-electron chi connectivity index (χ0n) is 22.6. The molecule has 2 saturated heterocycles. The van der Waals surface area contributed by atoms with Crippen LogP contribution in [0.5, 0.6) is 5.75 Å². The third-order valence-electron chi connectivity index (χ3n) is 8.53. The highest BCUT2D eigenvalue weighted by Crippen LogP contribution is 2.46. The Balaban J connectivity index is 1.08. The molecule has 0 radical (unpaired) electrons. The number of likely N-dealkylation sites (N-methyl/N-ethyl adjacent to an activating group) is 1. The predicted octanol–water partition coefficient (Wildman–Crippen LogP) is 4.23. The second-order valence-corrected chi connectivity index (χ2v) is 11.0. The van der Waals surface area contributed by atoms with E-state index in [4.69, 9.17) is 4.74 Å². The van der Waals surface area contributed by atoms with Crippen molar-refractivity contribution in [2.75, 3.05) is 66.5 Å². The van der Waals surface area contributed by atoms with Crippen molar-refractivity contribution in [1.82, 2.24) is 19.6 Å². The van der Waals surface area contributed by atoms with Crippen LogP contribution in [0.25, 0.3) is 11.1 Å². The lowest BCUT2D eigenvalue weighted by molar-refractivity contribution is 0.0595. The highest BCUT2D eigenvalue weighted by atomic mass is 16.5. The van der Waals surface area contributed by atoms with Crippen molar-refractivity contribution in [3.8, 4) is 16.9 Å². The van der Waals surface area contributed by atoms with Crippen molar-refractivity contribution in [2.24, 2.45) is 0 Å². The number of nitrogens with zero attached hydrogens (tertiary/aromatic N) is 4. The molecular weight excluding hydrogens is 472 g/mol. The van der Waals surface area contributed by atoms with Crippen LogP contribution in [0.1, 0.15) is 33.9 Å². The summed E-state index contributed by atoms with van der Waals surface area (Å²) in [5, 5.41) is 0. The van der Waals surface area contributed by atoms with Crippen molar-refractivity contribution in [3.05, 3.63) is 89.5 Å². The van der Waals surface area contributed by atoms with Crippen molar-refractivity contribution in [3.63, 3.8) is 0 Å². The minimum atomic E-state index is 0.0707. The third kappa shape index (κ3) is 4.84. The Morgan fingerprint density at radius 3 is 2.13 bits per heavy atom. The lowest BCUT2D eigenvalue weighted by atomic mass is 10.0. The molecule has 6 rings (SSSR count). The quantitative estimate of drug-likeness (QED) is 0.476. The van der Waals surface area contributed by atoms with Crippen LogP contribution >= 0.6 is 0 Å². The second-order valence-electron chi connectivity index (χ2n) is 11.0. The van der Waals surface area contributed by atoms with Crippen molar-refractivity contribution < 1.29 is 9.53 Å². The predicted molar refractivity (Wildman–Crippen MR) is 152 cm³/mol. The fourth-order valence-corrected chi connectivity index (χ4v) is 6.37. The summed E-state index contributed by atoms with van der Waals surface area (Å²) in [6, 6.07) is 26.1. The molecule has 2 heterocycles. The molecule has 3 aromatic carbocycles. The maximum Gasteiger partial charge on any atom is 0.257 e. The van der Waals surface area contributed by atoms with Crippen molar-refractivity contribution in [1.29, 1.82) is 0 Å². The van der Waals surface area contributed by atoms with Gasteiger partial charge in [0.05, 0.1) is 11.6 Å². The second kappa shape index (κ2) is 10.9. The van der Waals surface area contributed by atoms with E-state index in [1.54, 1.807) is 0 Å². The monoisotopic (exact) mass is 510 g/mol. The number of para-hydroxylation sites is 1. The summed E-state index contributed by atoms with van der Waals surface area (Å²) in [5.41, 5.74) is 6.10. The van der Waals surface area contributed by atoms with E-state index in [9.17, 15) is 4.79 Å². The number of ether oxygens (including phenoxy) is 1. The number of hydrogen-bond acceptors (Lipinski definition) is 5. The highest BCUT2D eigenvalue weighted by Gasteiger charge is 2.35. The molecular formula is C32H38N4O2. The van der Waals surface area contributed by atoms with E-state index in [-0.39, 0.29) is 11.9 Å². The average molecular weight is 511 g/mol. The maximum atomic E-state index is 13.6. The van der Waals surface area contributed by atoms with Crippen LogP contribution in [0.15, 0.2) is 72.8 Å². The van der Waals surface area contributed by atoms with Gasteiger partial charge in [0.25, 0.3) is 5.91 Å². The molecule has 0 N–H and O–H groups in total. The minimum absolute atomic E-state index is 0.0707. The summed E-state index contributed by atoms with van der Waals surface area (Å²) in [6.45, 7) is 6.80. The number of amides is 1. The van der Waals surface area contributed by atoms with E-state index in [2.05, 4.69) is 77.3 Å². The molecule has 1 aliphatic carbocycles. The molecule has 1 atom stereocenters. The van der Waals surface area contributed by atoms with Gasteiger partial charge in [-0.25, -0.2) is 0 Å². The summed E-state index contributed by atoms with van der Waals surface area (Å²) in [6.07, 6.45) is 1.20. The van der Waals surface area contributed by atoms with Crippen molar-refractivity contribution in [2.45, 2.75) is 18.5 Å². The smallest absolute Gasteiger partial charge is 0.257 e. The number of carbonyl (C=O) groups is 1. The first-order valence-electron chi connectivity index (χ1n) is 13.9. The van der Waals surface area contributed by atoms with Gasteiger partial charge in [-0.15, -0.1) is 0 Å². The zero-order valence-corrected chi connectivity index (χ0v) is 22.6. The summed E-state index contributed by atoms with van der Waals surface area (Å²) in [7, 11) is 4.30. The van der Waals surface area contributed by atoms with Crippen LogP contribution in [0.2, 0.25) is 0 Å². The number of carbonyl (C=O) groups excluding carboxylic acids is 1. The Hall–Kier alpha value is -3.19. The normalized spacial score (nSPS) is 20.1. The van der Waals surface area contributed by atoms with Gasteiger partial charge in [0.15, 0.2) is 0 Å². The minimum Gasteiger partial charge on any atom is -0.491 e. The van der Waals surface area contributed by atoms with Crippen LogP contribution in [-0.2, 0) is 0 Å². The van der Waals surface area contributed by atoms with Gasteiger partial charge in [-0.3, -0.25) is 14.6 Å². The topological polar surface area (TPSA) is 39.3 Å². The number of benzene rings is 3. The Kier molecular flexibility index (Phi) is 7.20. The average Bonchev–Trinajstić information content (AvgIpc) is 3.56. The Bertz CT molecular complexity index is 1240. The van der Waals surface area contributed by atoms with Gasteiger partial charge < -0.3 is 14.5 Å².